The Kier molecular flexibility index (Phi) is 2.28. The molecule has 0 aliphatic carbocycles. The number of thiophene rings is 1. The van der Waals surface area contributed by atoms with E-state index in [1.165, 1.54) is 11.3 Å². The topological polar surface area (TPSA) is 17.1 Å². The molecule has 2 rings (SSSR count). The predicted molar refractivity (Wildman–Crippen MR) is 57.2 cm³/mol. The molecule has 2 aromatic rings. The van der Waals surface area contributed by atoms with Crippen LogP contribution >= 0.6 is 34.5 Å². The van der Waals surface area contributed by atoms with E-state index in [1.54, 1.807) is 11.4 Å². The van der Waals surface area contributed by atoms with Gasteiger partial charge < -0.3 is 0 Å². The number of aldehydes is 1. The van der Waals surface area contributed by atoms with Crippen LogP contribution in [0.4, 0.5) is 0 Å². The van der Waals surface area contributed by atoms with Gasteiger partial charge in [0.25, 0.3) is 0 Å². The lowest BCUT2D eigenvalue weighted by Gasteiger charge is -1.97. The van der Waals surface area contributed by atoms with Crippen LogP contribution in [0.2, 0.25) is 10.0 Å². The van der Waals surface area contributed by atoms with Crippen molar-refractivity contribution in [2.75, 3.05) is 0 Å². The molecule has 1 aromatic heterocycles. The zero-order valence-electron chi connectivity index (χ0n) is 6.38. The molecule has 13 heavy (non-hydrogen) atoms. The molecule has 1 nitrogen and oxygen atoms in total. The van der Waals surface area contributed by atoms with Crippen LogP contribution in [0.3, 0.4) is 0 Å². The Morgan fingerprint density at radius 1 is 1.31 bits per heavy atom. The van der Waals surface area contributed by atoms with Gasteiger partial charge in [0.05, 0.1) is 10.0 Å². The van der Waals surface area contributed by atoms with E-state index in [1.807, 2.05) is 6.07 Å². The Labute approximate surface area is 88.9 Å². The van der Waals surface area contributed by atoms with Gasteiger partial charge in [-0.1, -0.05) is 23.2 Å². The van der Waals surface area contributed by atoms with E-state index in [0.29, 0.717) is 15.6 Å². The summed E-state index contributed by atoms with van der Waals surface area (Å²) in [5.74, 6) is 0. The summed E-state index contributed by atoms with van der Waals surface area (Å²) >= 11 is 13.3. The number of benzene rings is 1. The van der Waals surface area contributed by atoms with Gasteiger partial charge in [-0.2, -0.15) is 0 Å². The van der Waals surface area contributed by atoms with Gasteiger partial charge in [0.2, 0.25) is 0 Å². The first-order chi connectivity index (χ1) is 6.24. The molecule has 4 heteroatoms. The molecule has 0 aliphatic heterocycles. The first-order valence-electron chi connectivity index (χ1n) is 3.54. The van der Waals surface area contributed by atoms with Crippen LogP contribution in [-0.2, 0) is 0 Å². The largest absolute Gasteiger partial charge is 0.298 e. The lowest BCUT2D eigenvalue weighted by molar-refractivity contribution is 0.112. The maximum absolute atomic E-state index is 10.7. The molecule has 0 N–H and O–H groups in total. The smallest absolute Gasteiger partial charge is 0.151 e. The van der Waals surface area contributed by atoms with E-state index in [0.717, 1.165) is 16.4 Å². The first-order valence-corrected chi connectivity index (χ1v) is 5.18. The summed E-state index contributed by atoms with van der Waals surface area (Å²) < 4.78 is 0.983. The number of fused-ring (bicyclic) bond motifs is 1. The highest BCUT2D eigenvalue weighted by Gasteiger charge is 2.09. The maximum Gasteiger partial charge on any atom is 0.151 e. The van der Waals surface area contributed by atoms with Gasteiger partial charge in [-0.25, -0.2) is 0 Å². The number of rotatable bonds is 1. The lowest BCUT2D eigenvalue weighted by atomic mass is 10.2. The Hall–Kier alpha value is -0.570. The molecular formula is C9H4Cl2OS. The average molecular weight is 231 g/mol. The summed E-state index contributed by atoms with van der Waals surface area (Å²) in [5.41, 5.74) is 0.604. The fourth-order valence-corrected chi connectivity index (χ4v) is 2.57. The van der Waals surface area contributed by atoms with Gasteiger partial charge >= 0.3 is 0 Å². The van der Waals surface area contributed by atoms with E-state index < -0.39 is 0 Å². The zero-order valence-corrected chi connectivity index (χ0v) is 8.71. The van der Waals surface area contributed by atoms with E-state index >= 15 is 0 Å². The quantitative estimate of drug-likeness (QED) is 0.677. The van der Waals surface area contributed by atoms with E-state index in [4.69, 9.17) is 23.2 Å². The van der Waals surface area contributed by atoms with Gasteiger partial charge in [0.15, 0.2) is 6.29 Å². The van der Waals surface area contributed by atoms with Crippen molar-refractivity contribution < 1.29 is 4.79 Å². The molecule has 0 spiro atoms. The third-order valence-corrected chi connectivity index (χ3v) is 3.56. The fraction of sp³-hybridized carbons (Fsp3) is 0. The zero-order chi connectivity index (χ0) is 9.42. The van der Waals surface area contributed by atoms with Crippen LogP contribution in [-0.4, -0.2) is 6.29 Å². The highest BCUT2D eigenvalue weighted by Crippen LogP contribution is 2.35. The molecule has 1 heterocycles. The SMILES string of the molecule is O=Cc1csc2ccc(Cl)c(Cl)c12. The molecule has 0 fully saturated rings. The maximum atomic E-state index is 10.7. The van der Waals surface area contributed by atoms with E-state index in [-0.39, 0.29) is 0 Å². The minimum atomic E-state index is 0.461. The van der Waals surface area contributed by atoms with Crippen molar-refractivity contribution in [2.45, 2.75) is 0 Å². The number of halogens is 2. The van der Waals surface area contributed by atoms with Crippen molar-refractivity contribution in [3.8, 4) is 0 Å². The van der Waals surface area contributed by atoms with Crippen LogP contribution in [0.1, 0.15) is 10.4 Å². The number of hydrogen-bond donors (Lipinski definition) is 0. The van der Waals surface area contributed by atoms with Crippen molar-refractivity contribution >= 4 is 50.9 Å². The summed E-state index contributed by atoms with van der Waals surface area (Å²) in [5, 5.41) is 3.48. The minimum absolute atomic E-state index is 0.461. The van der Waals surface area contributed by atoms with E-state index in [9.17, 15) is 4.79 Å². The van der Waals surface area contributed by atoms with Gasteiger partial charge in [0, 0.05) is 21.0 Å². The normalized spacial score (nSPS) is 10.6. The molecule has 0 saturated heterocycles. The summed E-state index contributed by atoms with van der Waals surface area (Å²) in [7, 11) is 0. The molecule has 0 radical (unpaired) electrons. The van der Waals surface area contributed by atoms with Crippen LogP contribution in [0.15, 0.2) is 17.5 Å². The Bertz CT molecular complexity index is 476. The van der Waals surface area contributed by atoms with Gasteiger partial charge in [-0.3, -0.25) is 4.79 Å². The number of carbonyl (C=O) groups is 1. The fourth-order valence-electron chi connectivity index (χ4n) is 1.17. The van der Waals surface area contributed by atoms with Crippen molar-refractivity contribution in [1.29, 1.82) is 0 Å². The monoisotopic (exact) mass is 230 g/mol. The minimum Gasteiger partial charge on any atom is -0.298 e. The van der Waals surface area contributed by atoms with Crippen molar-refractivity contribution in [3.05, 3.63) is 33.1 Å². The molecule has 66 valence electrons. The second kappa shape index (κ2) is 3.29. The standard InChI is InChI=1S/C9H4Cl2OS/c10-6-1-2-7-8(9(6)11)5(3-12)4-13-7/h1-4H. The van der Waals surface area contributed by atoms with Crippen LogP contribution in [0, 0.1) is 0 Å². The number of hydrogen-bond acceptors (Lipinski definition) is 2. The second-order valence-electron chi connectivity index (χ2n) is 2.54. The van der Waals surface area contributed by atoms with E-state index in [2.05, 4.69) is 0 Å². The first kappa shape index (κ1) is 9.00. The molecule has 0 atom stereocenters. The highest BCUT2D eigenvalue weighted by atomic mass is 35.5. The molecule has 0 aliphatic rings. The second-order valence-corrected chi connectivity index (χ2v) is 4.24. The summed E-state index contributed by atoms with van der Waals surface area (Å²) in [6.45, 7) is 0. The molecule has 1 aromatic carbocycles. The van der Waals surface area contributed by atoms with Gasteiger partial charge in [-0.15, -0.1) is 11.3 Å². The number of carbonyl (C=O) groups excluding carboxylic acids is 1. The van der Waals surface area contributed by atoms with Crippen molar-refractivity contribution in [3.63, 3.8) is 0 Å². The van der Waals surface area contributed by atoms with Gasteiger partial charge in [-0.05, 0) is 12.1 Å². The highest BCUT2D eigenvalue weighted by molar-refractivity contribution is 7.17. The van der Waals surface area contributed by atoms with Crippen molar-refractivity contribution in [1.82, 2.24) is 0 Å². The Morgan fingerprint density at radius 2 is 2.08 bits per heavy atom. The van der Waals surface area contributed by atoms with Gasteiger partial charge in [0.1, 0.15) is 0 Å². The molecule has 0 amide bonds. The molecule has 0 saturated carbocycles. The third kappa shape index (κ3) is 1.35. The lowest BCUT2D eigenvalue weighted by Crippen LogP contribution is -1.77. The van der Waals surface area contributed by atoms with Crippen LogP contribution in [0.5, 0.6) is 0 Å². The van der Waals surface area contributed by atoms with Crippen LogP contribution in [0.25, 0.3) is 10.1 Å². The Morgan fingerprint density at radius 3 is 2.77 bits per heavy atom. The average Bonchev–Trinajstić information content (AvgIpc) is 2.55. The third-order valence-electron chi connectivity index (χ3n) is 1.79. The predicted octanol–water partition coefficient (Wildman–Crippen LogP) is 4.02. The van der Waals surface area contributed by atoms with Crippen molar-refractivity contribution in [2.24, 2.45) is 0 Å². The summed E-state index contributed by atoms with van der Waals surface area (Å²) in [6.07, 6.45) is 0.793. The summed E-state index contributed by atoms with van der Waals surface area (Å²) in [6, 6.07) is 3.60. The van der Waals surface area contributed by atoms with Crippen LogP contribution < -0.4 is 0 Å². The molecular weight excluding hydrogens is 227 g/mol. The molecule has 0 unspecified atom stereocenters. The Balaban J connectivity index is 2.93. The summed E-state index contributed by atoms with van der Waals surface area (Å²) in [4.78, 5) is 10.7. The molecule has 0 bridgehead atoms.